The Kier molecular flexibility index (Phi) is 4.36. The molecule has 0 saturated heterocycles. The minimum atomic E-state index is 0.605. The van der Waals surface area contributed by atoms with Gasteiger partial charge in [-0.15, -0.1) is 0 Å². The summed E-state index contributed by atoms with van der Waals surface area (Å²) in [5.41, 5.74) is 1.95. The smallest absolute Gasteiger partial charge is 0.205 e. The van der Waals surface area contributed by atoms with Crippen molar-refractivity contribution in [1.82, 2.24) is 15.0 Å². The van der Waals surface area contributed by atoms with E-state index in [0.29, 0.717) is 11.6 Å². The second kappa shape index (κ2) is 6.41. The summed E-state index contributed by atoms with van der Waals surface area (Å²) in [6.07, 6.45) is 3.50. The minimum absolute atomic E-state index is 0.605. The van der Waals surface area contributed by atoms with Crippen molar-refractivity contribution in [3.8, 4) is 11.3 Å². The van der Waals surface area contributed by atoms with Gasteiger partial charge in [-0.05, 0) is 19.1 Å². The van der Waals surface area contributed by atoms with Crippen molar-refractivity contribution in [2.75, 3.05) is 0 Å². The highest BCUT2D eigenvalue weighted by Gasteiger charge is 2.10. The fourth-order valence-corrected chi connectivity index (χ4v) is 2.99. The van der Waals surface area contributed by atoms with Crippen molar-refractivity contribution in [1.29, 1.82) is 0 Å². The molecule has 0 atom stereocenters. The van der Waals surface area contributed by atoms with Crippen LogP contribution in [0.25, 0.3) is 11.3 Å². The quantitative estimate of drug-likeness (QED) is 0.505. The number of thioether (sulfide) groups is 1. The molecule has 0 aliphatic rings. The van der Waals surface area contributed by atoms with Gasteiger partial charge >= 0.3 is 0 Å². The van der Waals surface area contributed by atoms with Crippen molar-refractivity contribution < 1.29 is 4.42 Å². The molecule has 0 spiro atoms. The molecule has 0 aliphatic carbocycles. The molecule has 0 saturated carbocycles. The van der Waals surface area contributed by atoms with Crippen molar-refractivity contribution in [3.63, 3.8) is 0 Å². The number of hydrogen-bond donors (Lipinski definition) is 0. The molecule has 2 aromatic heterocycles. The molecule has 0 unspecified atom stereocenters. The average molecular weight is 362 g/mol. The first-order chi connectivity index (χ1) is 10.2. The van der Waals surface area contributed by atoms with Crippen LogP contribution in [0.3, 0.4) is 0 Å². The summed E-state index contributed by atoms with van der Waals surface area (Å²) in [4.78, 5) is 12.9. The van der Waals surface area contributed by atoms with Crippen molar-refractivity contribution in [2.45, 2.75) is 17.8 Å². The van der Waals surface area contributed by atoms with Crippen molar-refractivity contribution in [3.05, 3.63) is 58.8 Å². The summed E-state index contributed by atoms with van der Waals surface area (Å²) in [7, 11) is 0. The number of oxazole rings is 1. The molecule has 0 fully saturated rings. The summed E-state index contributed by atoms with van der Waals surface area (Å²) in [6, 6.07) is 9.78. The predicted molar refractivity (Wildman–Crippen MR) is 86.0 cm³/mol. The van der Waals surface area contributed by atoms with Crippen LogP contribution in [0.2, 0.25) is 0 Å². The summed E-state index contributed by atoms with van der Waals surface area (Å²) in [5.74, 6) is 2.02. The second-order valence-corrected chi connectivity index (χ2v) is 6.16. The average Bonchev–Trinajstić information content (AvgIpc) is 2.94. The highest BCUT2D eigenvalue weighted by atomic mass is 79.9. The molecular formula is C15H12BrN3OS. The summed E-state index contributed by atoms with van der Waals surface area (Å²) in [5, 5.41) is 0.732. The Morgan fingerprint density at radius 1 is 1.19 bits per heavy atom. The van der Waals surface area contributed by atoms with Gasteiger partial charge in [0.15, 0.2) is 10.9 Å². The van der Waals surface area contributed by atoms with E-state index >= 15 is 0 Å². The Morgan fingerprint density at radius 2 is 2.05 bits per heavy atom. The van der Waals surface area contributed by atoms with Crippen LogP contribution >= 0.6 is 27.7 Å². The van der Waals surface area contributed by atoms with E-state index in [4.69, 9.17) is 4.42 Å². The standard InChI is InChI=1S/C15H12BrN3OS/c1-10-6-7-17-15(19-10)21-9-14-18-8-13(20-14)11-4-2-3-5-12(11)16/h2-8H,9H2,1H3. The molecule has 0 amide bonds. The number of rotatable bonds is 4. The topological polar surface area (TPSA) is 51.8 Å². The molecule has 21 heavy (non-hydrogen) atoms. The van der Waals surface area contributed by atoms with Crippen LogP contribution in [0.5, 0.6) is 0 Å². The van der Waals surface area contributed by atoms with E-state index in [2.05, 4.69) is 30.9 Å². The fourth-order valence-electron chi connectivity index (χ4n) is 1.78. The Labute approximate surface area is 135 Å². The summed E-state index contributed by atoms with van der Waals surface area (Å²) < 4.78 is 6.77. The number of benzene rings is 1. The molecule has 6 heteroatoms. The third-order valence-electron chi connectivity index (χ3n) is 2.79. The first-order valence-electron chi connectivity index (χ1n) is 6.34. The molecule has 4 nitrogen and oxygen atoms in total. The first kappa shape index (κ1) is 14.3. The SMILES string of the molecule is Cc1ccnc(SCc2ncc(-c3ccccc3Br)o2)n1. The molecule has 3 aromatic rings. The Morgan fingerprint density at radius 3 is 2.86 bits per heavy atom. The number of hydrogen-bond acceptors (Lipinski definition) is 5. The van der Waals surface area contributed by atoms with Gasteiger partial charge in [-0.1, -0.05) is 45.9 Å². The van der Waals surface area contributed by atoms with E-state index < -0.39 is 0 Å². The third-order valence-corrected chi connectivity index (χ3v) is 4.33. The highest BCUT2D eigenvalue weighted by molar-refractivity contribution is 9.10. The third kappa shape index (κ3) is 3.51. The van der Waals surface area contributed by atoms with Crippen LogP contribution in [0.1, 0.15) is 11.6 Å². The fraction of sp³-hybridized carbons (Fsp3) is 0.133. The molecule has 3 rings (SSSR count). The second-order valence-electron chi connectivity index (χ2n) is 4.37. The molecule has 1 aromatic carbocycles. The van der Waals surface area contributed by atoms with Crippen molar-refractivity contribution in [2.24, 2.45) is 0 Å². The normalized spacial score (nSPS) is 10.8. The van der Waals surface area contributed by atoms with Gasteiger partial charge in [0, 0.05) is 21.9 Å². The van der Waals surface area contributed by atoms with Crippen LogP contribution in [-0.2, 0) is 5.75 Å². The Balaban J connectivity index is 1.72. The van der Waals surface area contributed by atoms with Gasteiger partial charge < -0.3 is 4.42 Å². The summed E-state index contributed by atoms with van der Waals surface area (Å²) in [6.45, 7) is 1.95. The van der Waals surface area contributed by atoms with Gasteiger partial charge in [0.2, 0.25) is 5.89 Å². The number of aromatic nitrogens is 3. The minimum Gasteiger partial charge on any atom is -0.440 e. The molecule has 0 radical (unpaired) electrons. The zero-order valence-electron chi connectivity index (χ0n) is 11.3. The predicted octanol–water partition coefficient (Wildman–Crippen LogP) is 4.49. The van der Waals surface area contributed by atoms with E-state index in [-0.39, 0.29) is 0 Å². The van der Waals surface area contributed by atoms with Crippen LogP contribution in [-0.4, -0.2) is 15.0 Å². The zero-order valence-corrected chi connectivity index (χ0v) is 13.7. The zero-order chi connectivity index (χ0) is 14.7. The van der Waals surface area contributed by atoms with Gasteiger partial charge in [0.25, 0.3) is 0 Å². The molecule has 0 N–H and O–H groups in total. The van der Waals surface area contributed by atoms with Crippen LogP contribution in [0.4, 0.5) is 0 Å². The maximum Gasteiger partial charge on any atom is 0.205 e. The highest BCUT2D eigenvalue weighted by Crippen LogP contribution is 2.29. The lowest BCUT2D eigenvalue weighted by Gasteiger charge is -1.99. The molecule has 106 valence electrons. The van der Waals surface area contributed by atoms with Crippen LogP contribution in [0, 0.1) is 6.92 Å². The first-order valence-corrected chi connectivity index (χ1v) is 8.12. The Bertz CT molecular complexity index is 760. The number of nitrogens with zero attached hydrogens (tertiary/aromatic N) is 3. The maximum atomic E-state index is 5.78. The molecule has 0 bridgehead atoms. The van der Waals surface area contributed by atoms with Gasteiger partial charge in [0.1, 0.15) is 0 Å². The van der Waals surface area contributed by atoms with Gasteiger partial charge in [-0.25, -0.2) is 15.0 Å². The summed E-state index contributed by atoms with van der Waals surface area (Å²) >= 11 is 5.02. The number of aryl methyl sites for hydroxylation is 1. The van der Waals surface area contributed by atoms with Crippen molar-refractivity contribution >= 4 is 27.7 Å². The van der Waals surface area contributed by atoms with E-state index in [9.17, 15) is 0 Å². The van der Waals surface area contributed by atoms with Gasteiger partial charge in [-0.2, -0.15) is 0 Å². The Hall–Kier alpha value is -1.66. The van der Waals surface area contributed by atoms with Crippen LogP contribution < -0.4 is 0 Å². The van der Waals surface area contributed by atoms with Gasteiger partial charge in [-0.3, -0.25) is 0 Å². The van der Waals surface area contributed by atoms with E-state index in [1.54, 1.807) is 12.4 Å². The van der Waals surface area contributed by atoms with Crippen LogP contribution in [0.15, 0.2) is 56.8 Å². The lowest BCUT2D eigenvalue weighted by atomic mass is 10.2. The molecule has 2 heterocycles. The molecule has 0 aliphatic heterocycles. The lowest BCUT2D eigenvalue weighted by Crippen LogP contribution is -1.89. The lowest BCUT2D eigenvalue weighted by molar-refractivity contribution is 0.529. The molecular weight excluding hydrogens is 350 g/mol. The van der Waals surface area contributed by atoms with Gasteiger partial charge in [0.05, 0.1) is 11.9 Å². The monoisotopic (exact) mass is 361 g/mol. The maximum absolute atomic E-state index is 5.78. The van der Waals surface area contributed by atoms with E-state index in [1.807, 2.05) is 37.3 Å². The van der Waals surface area contributed by atoms with E-state index in [0.717, 1.165) is 26.6 Å². The van der Waals surface area contributed by atoms with E-state index in [1.165, 1.54) is 11.8 Å². The number of halogens is 1. The largest absolute Gasteiger partial charge is 0.440 e.